The molecule has 3 rings (SSSR count). The molecule has 8 heteroatoms. The summed E-state index contributed by atoms with van der Waals surface area (Å²) in [4.78, 5) is 37.3. The number of rotatable bonds is 6. The summed E-state index contributed by atoms with van der Waals surface area (Å²) in [7, 11) is 1.54. The van der Waals surface area contributed by atoms with E-state index in [-0.39, 0.29) is 35.0 Å². The fourth-order valence-electron chi connectivity index (χ4n) is 3.66. The van der Waals surface area contributed by atoms with Gasteiger partial charge in [-0.25, -0.2) is 4.90 Å². The highest BCUT2D eigenvalue weighted by molar-refractivity contribution is 6.22. The van der Waals surface area contributed by atoms with Gasteiger partial charge in [0, 0.05) is 19.7 Å². The molecule has 2 aliphatic rings. The van der Waals surface area contributed by atoms with E-state index in [4.69, 9.17) is 4.74 Å². The Kier molecular flexibility index (Phi) is 4.98. The van der Waals surface area contributed by atoms with E-state index in [0.29, 0.717) is 31.7 Å². The van der Waals surface area contributed by atoms with Crippen LogP contribution < -0.4 is 10.2 Å². The number of amides is 2. The second kappa shape index (κ2) is 7.18. The molecule has 1 saturated carbocycles. The maximum absolute atomic E-state index is 12.6. The fourth-order valence-corrected chi connectivity index (χ4v) is 3.66. The molecule has 0 unspecified atom stereocenters. The SMILES string of the molecule is COCCNc1ccc(N2C(=O)[C@@H]3CCCC[C@H]3C2=O)cc1[N+](=O)[O-]. The van der Waals surface area contributed by atoms with Crippen molar-refractivity contribution in [3.05, 3.63) is 28.3 Å². The van der Waals surface area contributed by atoms with Crippen LogP contribution in [0.5, 0.6) is 0 Å². The van der Waals surface area contributed by atoms with Gasteiger partial charge in [0.2, 0.25) is 11.8 Å². The Balaban J connectivity index is 1.89. The predicted octanol–water partition coefficient (Wildman–Crippen LogP) is 2.33. The maximum atomic E-state index is 12.6. The highest BCUT2D eigenvalue weighted by atomic mass is 16.6. The van der Waals surface area contributed by atoms with E-state index in [0.717, 1.165) is 17.7 Å². The normalized spacial score (nSPS) is 22.8. The molecule has 1 heterocycles. The van der Waals surface area contributed by atoms with Crippen LogP contribution in [-0.2, 0) is 14.3 Å². The number of hydrogen-bond acceptors (Lipinski definition) is 6. The zero-order valence-electron chi connectivity index (χ0n) is 14.1. The van der Waals surface area contributed by atoms with Crippen molar-refractivity contribution in [2.24, 2.45) is 11.8 Å². The minimum Gasteiger partial charge on any atom is -0.383 e. The number of hydrogen-bond donors (Lipinski definition) is 1. The predicted molar refractivity (Wildman–Crippen MR) is 91.4 cm³/mol. The van der Waals surface area contributed by atoms with Crippen molar-refractivity contribution < 1.29 is 19.2 Å². The number of nitro groups is 1. The van der Waals surface area contributed by atoms with Gasteiger partial charge >= 0.3 is 0 Å². The first-order chi connectivity index (χ1) is 12.0. The number of anilines is 2. The van der Waals surface area contributed by atoms with Crippen LogP contribution in [0.15, 0.2) is 18.2 Å². The zero-order valence-corrected chi connectivity index (χ0v) is 14.1. The van der Waals surface area contributed by atoms with Gasteiger partial charge in [-0.1, -0.05) is 12.8 Å². The molecule has 1 N–H and O–H groups in total. The lowest BCUT2D eigenvalue weighted by Gasteiger charge is -2.19. The number of benzene rings is 1. The quantitative estimate of drug-likeness (QED) is 0.367. The molecule has 2 amide bonds. The lowest BCUT2D eigenvalue weighted by molar-refractivity contribution is -0.383. The first-order valence-corrected chi connectivity index (χ1v) is 8.43. The van der Waals surface area contributed by atoms with Gasteiger partial charge in [-0.2, -0.15) is 0 Å². The molecule has 25 heavy (non-hydrogen) atoms. The van der Waals surface area contributed by atoms with E-state index >= 15 is 0 Å². The summed E-state index contributed by atoms with van der Waals surface area (Å²) in [5.74, 6) is -1.02. The zero-order chi connectivity index (χ0) is 18.0. The van der Waals surface area contributed by atoms with Crippen molar-refractivity contribution in [1.82, 2.24) is 0 Å². The number of ether oxygens (including phenoxy) is 1. The molecule has 1 aromatic rings. The smallest absolute Gasteiger partial charge is 0.294 e. The number of carbonyl (C=O) groups is 2. The molecule has 0 bridgehead atoms. The topological polar surface area (TPSA) is 102 Å². The maximum Gasteiger partial charge on any atom is 0.294 e. The van der Waals surface area contributed by atoms with E-state index in [1.54, 1.807) is 13.2 Å². The summed E-state index contributed by atoms with van der Waals surface area (Å²) < 4.78 is 4.92. The number of nitro benzene ring substituents is 1. The number of fused-ring (bicyclic) bond motifs is 1. The largest absolute Gasteiger partial charge is 0.383 e. The Morgan fingerprint density at radius 2 is 1.88 bits per heavy atom. The summed E-state index contributed by atoms with van der Waals surface area (Å²) in [5.41, 5.74) is 0.444. The number of imide groups is 1. The second-order valence-electron chi connectivity index (χ2n) is 6.39. The minimum atomic E-state index is -0.517. The van der Waals surface area contributed by atoms with Gasteiger partial charge in [-0.15, -0.1) is 0 Å². The molecule has 8 nitrogen and oxygen atoms in total. The Bertz CT molecular complexity index is 682. The third-order valence-electron chi connectivity index (χ3n) is 4.90. The van der Waals surface area contributed by atoms with Crippen LogP contribution >= 0.6 is 0 Å². The van der Waals surface area contributed by atoms with Gasteiger partial charge in [0.15, 0.2) is 0 Å². The summed E-state index contributed by atoms with van der Waals surface area (Å²) in [6.45, 7) is 0.827. The lowest BCUT2D eigenvalue weighted by Crippen LogP contribution is -2.30. The van der Waals surface area contributed by atoms with Crippen molar-refractivity contribution in [2.45, 2.75) is 25.7 Å². The molecule has 0 aromatic heterocycles. The molecular formula is C17H21N3O5. The molecule has 134 valence electrons. The molecule has 2 fully saturated rings. The first kappa shape index (κ1) is 17.3. The monoisotopic (exact) mass is 347 g/mol. The van der Waals surface area contributed by atoms with E-state index in [1.165, 1.54) is 12.1 Å². The highest BCUT2D eigenvalue weighted by Crippen LogP contribution is 2.41. The molecule has 1 aliphatic heterocycles. The molecule has 2 atom stereocenters. The lowest BCUT2D eigenvalue weighted by atomic mass is 9.81. The standard InChI is InChI=1S/C17H21N3O5/c1-25-9-8-18-14-7-6-11(10-15(14)20(23)24)19-16(21)12-4-2-3-5-13(12)17(19)22/h6-7,10,12-13,18H,2-5,8-9H2,1H3/t12-,13-/m1/s1. The van der Waals surface area contributed by atoms with Gasteiger partial charge in [0.05, 0.1) is 29.1 Å². The van der Waals surface area contributed by atoms with Gasteiger partial charge in [-0.3, -0.25) is 19.7 Å². The van der Waals surface area contributed by atoms with Crippen LogP contribution in [-0.4, -0.2) is 37.0 Å². The second-order valence-corrected chi connectivity index (χ2v) is 6.39. The third-order valence-corrected chi connectivity index (χ3v) is 4.90. The fraction of sp³-hybridized carbons (Fsp3) is 0.529. The number of methoxy groups -OCH3 is 1. The van der Waals surface area contributed by atoms with Gasteiger partial charge in [-0.05, 0) is 25.0 Å². The Hall–Kier alpha value is -2.48. The summed E-state index contributed by atoms with van der Waals surface area (Å²) in [6, 6.07) is 4.41. The van der Waals surface area contributed by atoms with Crippen molar-refractivity contribution in [3.8, 4) is 0 Å². The van der Waals surface area contributed by atoms with Crippen molar-refractivity contribution in [2.75, 3.05) is 30.5 Å². The summed E-state index contributed by atoms with van der Waals surface area (Å²) in [6.07, 6.45) is 3.31. The van der Waals surface area contributed by atoms with Crippen LogP contribution in [0.1, 0.15) is 25.7 Å². The van der Waals surface area contributed by atoms with Crippen molar-refractivity contribution >= 4 is 28.9 Å². The van der Waals surface area contributed by atoms with E-state index in [9.17, 15) is 19.7 Å². The molecule has 0 spiro atoms. The summed E-state index contributed by atoms with van der Waals surface area (Å²) >= 11 is 0. The molecular weight excluding hydrogens is 326 g/mol. The highest BCUT2D eigenvalue weighted by Gasteiger charge is 2.48. The van der Waals surface area contributed by atoms with Crippen LogP contribution in [0.3, 0.4) is 0 Å². The Labute approximate surface area is 145 Å². The molecule has 1 saturated heterocycles. The number of carbonyl (C=O) groups excluding carboxylic acids is 2. The van der Waals surface area contributed by atoms with Crippen LogP contribution in [0.4, 0.5) is 17.1 Å². The summed E-state index contributed by atoms with van der Waals surface area (Å²) in [5, 5.41) is 14.3. The molecule has 0 radical (unpaired) electrons. The van der Waals surface area contributed by atoms with Crippen LogP contribution in [0, 0.1) is 22.0 Å². The van der Waals surface area contributed by atoms with Crippen LogP contribution in [0.25, 0.3) is 0 Å². The van der Waals surface area contributed by atoms with Crippen molar-refractivity contribution in [3.63, 3.8) is 0 Å². The van der Waals surface area contributed by atoms with E-state index in [1.807, 2.05) is 0 Å². The molecule has 1 aromatic carbocycles. The van der Waals surface area contributed by atoms with E-state index in [2.05, 4.69) is 5.32 Å². The Morgan fingerprint density at radius 3 is 2.44 bits per heavy atom. The molecule has 1 aliphatic carbocycles. The Morgan fingerprint density at radius 1 is 1.24 bits per heavy atom. The first-order valence-electron chi connectivity index (χ1n) is 8.43. The van der Waals surface area contributed by atoms with Gasteiger partial charge in [0.25, 0.3) is 5.69 Å². The van der Waals surface area contributed by atoms with Gasteiger partial charge in [0.1, 0.15) is 5.69 Å². The van der Waals surface area contributed by atoms with Crippen LogP contribution in [0.2, 0.25) is 0 Å². The van der Waals surface area contributed by atoms with Gasteiger partial charge < -0.3 is 10.1 Å². The number of nitrogens with one attached hydrogen (secondary N) is 1. The third kappa shape index (κ3) is 3.21. The average Bonchev–Trinajstić information content (AvgIpc) is 2.87. The number of nitrogens with zero attached hydrogens (tertiary/aromatic N) is 2. The minimum absolute atomic E-state index is 0.163. The average molecular weight is 347 g/mol. The van der Waals surface area contributed by atoms with Crippen molar-refractivity contribution in [1.29, 1.82) is 0 Å². The van der Waals surface area contributed by atoms with E-state index < -0.39 is 4.92 Å².